The molecular weight excluding hydrogens is 663 g/mol. The van der Waals surface area contributed by atoms with Gasteiger partial charge in [-0.05, 0) is 53.1 Å². The van der Waals surface area contributed by atoms with E-state index >= 15 is 0 Å². The third kappa shape index (κ3) is 4.65. The largest absolute Gasteiger partial charge is 0.455 e. The molecule has 1 aliphatic heterocycles. The van der Waals surface area contributed by atoms with Crippen LogP contribution in [0.25, 0.3) is 73.4 Å². The lowest BCUT2D eigenvalue weighted by Crippen LogP contribution is -2.45. The van der Waals surface area contributed by atoms with Crippen LogP contribution >= 0.6 is 22.7 Å². The summed E-state index contributed by atoms with van der Waals surface area (Å²) < 4.78 is 11.5. The van der Waals surface area contributed by atoms with E-state index in [1.807, 2.05) is 34.8 Å². The number of benzene rings is 7. The van der Waals surface area contributed by atoms with Crippen LogP contribution in [0.1, 0.15) is 29.0 Å². The number of nitrogens with one attached hydrogen (secondary N) is 2. The lowest BCUT2D eigenvalue weighted by Gasteiger charge is -2.32. The van der Waals surface area contributed by atoms with E-state index in [4.69, 9.17) is 9.41 Å². The number of hydrogen-bond donors (Lipinski definition) is 2. The van der Waals surface area contributed by atoms with E-state index in [1.165, 1.54) is 45.9 Å². The summed E-state index contributed by atoms with van der Waals surface area (Å²) in [5, 5.41) is 15.1. The van der Waals surface area contributed by atoms with Crippen LogP contribution in [-0.2, 0) is 0 Å². The topological polar surface area (TPSA) is 49.6 Å². The summed E-state index contributed by atoms with van der Waals surface area (Å²) in [6.45, 7) is 0. The van der Waals surface area contributed by atoms with Crippen LogP contribution in [0.2, 0.25) is 0 Å². The van der Waals surface area contributed by atoms with Crippen LogP contribution in [0.5, 0.6) is 0 Å². The molecule has 2 atom stereocenters. The number of aliphatic imine (C=N–C) groups is 1. The normalized spacial score (nSPS) is 16.4. The number of thiophene rings is 2. The molecule has 0 saturated heterocycles. The molecule has 0 aliphatic carbocycles. The lowest BCUT2D eigenvalue weighted by atomic mass is 9.99. The summed E-state index contributed by atoms with van der Waals surface area (Å²) in [6.07, 6.45) is -0.367. The number of furan rings is 1. The van der Waals surface area contributed by atoms with Gasteiger partial charge in [-0.3, -0.25) is 5.32 Å². The monoisotopic (exact) mass is 691 g/mol. The number of amidine groups is 1. The third-order valence-electron chi connectivity index (χ3n) is 10.2. The zero-order valence-corrected chi connectivity index (χ0v) is 28.9. The second-order valence-electron chi connectivity index (χ2n) is 13.2. The first-order valence-corrected chi connectivity index (χ1v) is 18.8. The molecule has 3 aromatic heterocycles. The first kappa shape index (κ1) is 29.0. The summed E-state index contributed by atoms with van der Waals surface area (Å²) in [6, 6.07) is 54.2. The van der Waals surface area contributed by atoms with Gasteiger partial charge in [0.2, 0.25) is 0 Å². The summed E-state index contributed by atoms with van der Waals surface area (Å²) >= 11 is 3.68. The Bertz CT molecular complexity index is 3010. The van der Waals surface area contributed by atoms with Crippen molar-refractivity contribution in [2.75, 3.05) is 0 Å². The van der Waals surface area contributed by atoms with Gasteiger partial charge in [-0.15, -0.1) is 22.7 Å². The molecule has 0 amide bonds. The van der Waals surface area contributed by atoms with Crippen LogP contribution in [0, 0.1) is 0 Å². The SMILES string of the molecule is c1ccc(C2=NC(c3ccc4c(c3)sc3ccc(-c5cccc6c5oc5ccccc56)cc34)NC(c3cccc4sc5ccccc5c34)N2)cc1. The summed E-state index contributed by atoms with van der Waals surface area (Å²) in [4.78, 5) is 5.28. The van der Waals surface area contributed by atoms with Crippen molar-refractivity contribution in [2.45, 2.75) is 12.3 Å². The van der Waals surface area contributed by atoms with Crippen molar-refractivity contribution in [3.05, 3.63) is 168 Å². The molecule has 0 spiro atoms. The van der Waals surface area contributed by atoms with Gasteiger partial charge in [0, 0.05) is 62.2 Å². The first-order chi connectivity index (χ1) is 25.2. The number of hydrogen-bond acceptors (Lipinski definition) is 6. The van der Waals surface area contributed by atoms with E-state index in [2.05, 4.69) is 150 Å². The van der Waals surface area contributed by atoms with E-state index in [9.17, 15) is 0 Å². The second kappa shape index (κ2) is 11.4. The minimum absolute atomic E-state index is 0.133. The van der Waals surface area contributed by atoms with Crippen molar-refractivity contribution in [1.29, 1.82) is 0 Å². The molecule has 242 valence electrons. The predicted molar refractivity (Wildman–Crippen MR) is 216 cm³/mol. The van der Waals surface area contributed by atoms with Crippen LogP contribution in [0.3, 0.4) is 0 Å². The van der Waals surface area contributed by atoms with Gasteiger partial charge in [-0.2, -0.15) is 0 Å². The van der Waals surface area contributed by atoms with E-state index < -0.39 is 0 Å². The van der Waals surface area contributed by atoms with Gasteiger partial charge in [-0.25, -0.2) is 4.99 Å². The number of para-hydroxylation sites is 2. The highest BCUT2D eigenvalue weighted by Gasteiger charge is 2.28. The highest BCUT2D eigenvalue weighted by Crippen LogP contribution is 2.42. The molecule has 7 aromatic carbocycles. The minimum Gasteiger partial charge on any atom is -0.455 e. The molecule has 11 rings (SSSR count). The third-order valence-corrected chi connectivity index (χ3v) is 12.5. The molecule has 4 nitrogen and oxygen atoms in total. The Morgan fingerprint density at radius 1 is 0.529 bits per heavy atom. The first-order valence-electron chi connectivity index (χ1n) is 17.2. The molecule has 2 N–H and O–H groups in total. The smallest absolute Gasteiger partial charge is 0.143 e. The zero-order chi connectivity index (χ0) is 33.5. The molecule has 1 aliphatic rings. The fourth-order valence-electron chi connectivity index (χ4n) is 7.78. The quantitative estimate of drug-likeness (QED) is 0.193. The van der Waals surface area contributed by atoms with Crippen molar-refractivity contribution in [3.8, 4) is 11.1 Å². The highest BCUT2D eigenvalue weighted by atomic mass is 32.1. The lowest BCUT2D eigenvalue weighted by molar-refractivity contribution is 0.411. The van der Waals surface area contributed by atoms with Crippen molar-refractivity contribution >= 4 is 90.8 Å². The van der Waals surface area contributed by atoms with Crippen molar-refractivity contribution < 1.29 is 4.42 Å². The van der Waals surface area contributed by atoms with Gasteiger partial charge < -0.3 is 9.73 Å². The zero-order valence-electron chi connectivity index (χ0n) is 27.3. The van der Waals surface area contributed by atoms with Gasteiger partial charge in [-0.1, -0.05) is 115 Å². The fourth-order valence-corrected chi connectivity index (χ4v) is 10.1. The molecule has 4 heterocycles. The van der Waals surface area contributed by atoms with Crippen LogP contribution in [0.4, 0.5) is 0 Å². The van der Waals surface area contributed by atoms with Crippen molar-refractivity contribution in [3.63, 3.8) is 0 Å². The van der Waals surface area contributed by atoms with E-state index in [-0.39, 0.29) is 12.3 Å². The molecule has 0 saturated carbocycles. The predicted octanol–water partition coefficient (Wildman–Crippen LogP) is 12.3. The standard InChI is InChI=1S/C45H29N3OS2/c1-2-10-26(11-3-1)43-46-44(48-45(47-43)34-16-9-19-39-41(34)33-13-5-7-18-37(33)50-39)28-20-22-31-35-24-27(21-23-38(35)51-40(31)25-28)29-14-8-15-32-30-12-4-6-17-36(30)49-42(29)32/h1-25,44-45,48H,(H,46,47). The highest BCUT2D eigenvalue weighted by molar-refractivity contribution is 7.26. The van der Waals surface area contributed by atoms with Crippen LogP contribution in [0.15, 0.2) is 161 Å². The van der Waals surface area contributed by atoms with Gasteiger partial charge in [0.1, 0.15) is 29.3 Å². The number of fused-ring (bicyclic) bond motifs is 9. The Kier molecular flexibility index (Phi) is 6.46. The Labute approximate surface area is 301 Å². The van der Waals surface area contributed by atoms with Gasteiger partial charge in [0.25, 0.3) is 0 Å². The van der Waals surface area contributed by atoms with Crippen molar-refractivity contribution in [2.24, 2.45) is 4.99 Å². The van der Waals surface area contributed by atoms with E-state index in [0.29, 0.717) is 0 Å². The molecule has 0 radical (unpaired) electrons. The molecule has 10 aromatic rings. The maximum absolute atomic E-state index is 6.40. The second-order valence-corrected chi connectivity index (χ2v) is 15.3. The molecule has 0 bridgehead atoms. The van der Waals surface area contributed by atoms with E-state index in [0.717, 1.165) is 50.0 Å². The average molecular weight is 692 g/mol. The maximum atomic E-state index is 6.40. The number of nitrogens with zero attached hydrogens (tertiary/aromatic N) is 1. The van der Waals surface area contributed by atoms with Gasteiger partial charge in [0.15, 0.2) is 0 Å². The Balaban J connectivity index is 1.01. The molecular formula is C45H29N3OS2. The summed E-state index contributed by atoms with van der Waals surface area (Å²) in [7, 11) is 0. The number of rotatable bonds is 4. The van der Waals surface area contributed by atoms with Crippen LogP contribution < -0.4 is 10.6 Å². The van der Waals surface area contributed by atoms with Gasteiger partial charge in [0.05, 0.1) is 0 Å². The Hall–Kier alpha value is -5.79. The molecule has 0 fully saturated rings. The summed E-state index contributed by atoms with van der Waals surface area (Å²) in [5.74, 6) is 0.890. The van der Waals surface area contributed by atoms with Crippen LogP contribution in [-0.4, -0.2) is 5.84 Å². The molecule has 6 heteroatoms. The van der Waals surface area contributed by atoms with Gasteiger partial charge >= 0.3 is 0 Å². The summed E-state index contributed by atoms with van der Waals surface area (Å²) in [5.41, 5.74) is 7.57. The Morgan fingerprint density at radius 3 is 2.24 bits per heavy atom. The van der Waals surface area contributed by atoms with E-state index in [1.54, 1.807) is 0 Å². The fraction of sp³-hybridized carbons (Fsp3) is 0.0444. The minimum atomic E-state index is -0.234. The molecule has 2 unspecified atom stereocenters. The Morgan fingerprint density at radius 2 is 1.29 bits per heavy atom. The maximum Gasteiger partial charge on any atom is 0.143 e. The average Bonchev–Trinajstić information content (AvgIpc) is 3.88. The molecule has 51 heavy (non-hydrogen) atoms. The van der Waals surface area contributed by atoms with Crippen molar-refractivity contribution in [1.82, 2.24) is 10.6 Å².